The van der Waals surface area contributed by atoms with E-state index in [1.165, 1.54) is 0 Å². The number of benzene rings is 1. The van der Waals surface area contributed by atoms with E-state index in [1.54, 1.807) is 4.90 Å². The predicted octanol–water partition coefficient (Wildman–Crippen LogP) is 4.07. The van der Waals surface area contributed by atoms with Gasteiger partial charge < -0.3 is 4.90 Å². The molecule has 0 aliphatic heterocycles. The molecular formula is C11H12Br3NO. The van der Waals surface area contributed by atoms with Gasteiger partial charge in [0.2, 0.25) is 0 Å². The highest BCUT2D eigenvalue weighted by Gasteiger charge is 2.14. The van der Waals surface area contributed by atoms with Gasteiger partial charge in [0.25, 0.3) is 5.91 Å². The number of hydrogen-bond donors (Lipinski definition) is 0. The maximum absolute atomic E-state index is 12.0. The van der Waals surface area contributed by atoms with E-state index in [0.29, 0.717) is 5.56 Å². The van der Waals surface area contributed by atoms with E-state index in [-0.39, 0.29) is 5.91 Å². The molecule has 0 heterocycles. The number of nitrogens with zero attached hydrogens (tertiary/aromatic N) is 1. The molecule has 0 N–H and O–H groups in total. The van der Waals surface area contributed by atoms with Crippen molar-refractivity contribution >= 4 is 53.7 Å². The number of carbonyl (C=O) groups excluding carboxylic acids is 1. The maximum Gasteiger partial charge on any atom is 0.254 e. The summed E-state index contributed by atoms with van der Waals surface area (Å²) in [6.07, 6.45) is 0.955. The van der Waals surface area contributed by atoms with E-state index in [9.17, 15) is 4.79 Å². The first-order chi connectivity index (χ1) is 7.56. The molecular weight excluding hydrogens is 402 g/mol. The van der Waals surface area contributed by atoms with Crippen molar-refractivity contribution in [1.82, 2.24) is 4.90 Å². The van der Waals surface area contributed by atoms with E-state index in [1.807, 2.05) is 25.2 Å². The van der Waals surface area contributed by atoms with Crippen LogP contribution in [0.3, 0.4) is 0 Å². The first kappa shape index (κ1) is 14.2. The summed E-state index contributed by atoms with van der Waals surface area (Å²) in [5.74, 6) is 0.0420. The Kier molecular flexibility index (Phi) is 6.00. The second-order valence-corrected chi connectivity index (χ2v) is 5.96. The van der Waals surface area contributed by atoms with Crippen LogP contribution in [0.5, 0.6) is 0 Å². The maximum atomic E-state index is 12.0. The predicted molar refractivity (Wildman–Crippen MR) is 77.2 cm³/mol. The van der Waals surface area contributed by atoms with E-state index in [0.717, 1.165) is 27.2 Å². The van der Waals surface area contributed by atoms with Crippen LogP contribution in [0.1, 0.15) is 16.8 Å². The third-order valence-corrected chi connectivity index (χ3v) is 3.85. The average molecular weight is 414 g/mol. The lowest BCUT2D eigenvalue weighted by molar-refractivity contribution is 0.0795. The molecule has 1 aromatic carbocycles. The fourth-order valence-corrected chi connectivity index (χ4v) is 2.73. The van der Waals surface area contributed by atoms with Crippen LogP contribution in [0.4, 0.5) is 0 Å². The zero-order valence-electron chi connectivity index (χ0n) is 8.84. The van der Waals surface area contributed by atoms with Crippen LogP contribution in [0.15, 0.2) is 27.1 Å². The number of alkyl halides is 1. The van der Waals surface area contributed by atoms with Gasteiger partial charge >= 0.3 is 0 Å². The van der Waals surface area contributed by atoms with E-state index < -0.39 is 0 Å². The van der Waals surface area contributed by atoms with Crippen LogP contribution in [0.2, 0.25) is 0 Å². The number of hydrogen-bond acceptors (Lipinski definition) is 1. The van der Waals surface area contributed by atoms with Gasteiger partial charge in [-0.15, -0.1) is 0 Å². The van der Waals surface area contributed by atoms with Gasteiger partial charge in [0, 0.05) is 27.9 Å². The molecule has 0 aliphatic rings. The van der Waals surface area contributed by atoms with E-state index in [4.69, 9.17) is 0 Å². The molecule has 0 fully saturated rings. The van der Waals surface area contributed by atoms with E-state index in [2.05, 4.69) is 47.8 Å². The largest absolute Gasteiger partial charge is 0.342 e. The molecule has 5 heteroatoms. The Hall–Kier alpha value is 0.130. The van der Waals surface area contributed by atoms with Gasteiger partial charge in [-0.05, 0) is 40.5 Å². The first-order valence-corrected chi connectivity index (χ1v) is 7.53. The van der Waals surface area contributed by atoms with Gasteiger partial charge in [-0.3, -0.25) is 4.79 Å². The van der Waals surface area contributed by atoms with Crippen LogP contribution < -0.4 is 0 Å². The fraction of sp³-hybridized carbons (Fsp3) is 0.364. The summed E-state index contributed by atoms with van der Waals surface area (Å²) in [6, 6.07) is 5.57. The monoisotopic (exact) mass is 411 g/mol. The minimum absolute atomic E-state index is 0.0420. The molecule has 1 rings (SSSR count). The molecule has 2 nitrogen and oxygen atoms in total. The molecule has 0 unspecified atom stereocenters. The van der Waals surface area contributed by atoms with Crippen molar-refractivity contribution in [2.24, 2.45) is 0 Å². The van der Waals surface area contributed by atoms with Crippen molar-refractivity contribution in [3.8, 4) is 0 Å². The van der Waals surface area contributed by atoms with Crippen molar-refractivity contribution in [2.75, 3.05) is 18.9 Å². The Labute approximate surface area is 121 Å². The number of rotatable bonds is 4. The summed E-state index contributed by atoms with van der Waals surface area (Å²) in [4.78, 5) is 13.8. The third kappa shape index (κ3) is 3.86. The lowest BCUT2D eigenvalue weighted by atomic mass is 10.2. The second kappa shape index (κ2) is 6.77. The molecule has 1 amide bonds. The van der Waals surface area contributed by atoms with Crippen LogP contribution >= 0.6 is 47.8 Å². The number of carbonyl (C=O) groups is 1. The summed E-state index contributed by atoms with van der Waals surface area (Å²) in [5, 5.41) is 0.909. The Bertz CT molecular complexity index is 381. The zero-order chi connectivity index (χ0) is 12.1. The van der Waals surface area contributed by atoms with Crippen LogP contribution in [-0.4, -0.2) is 29.7 Å². The molecule has 0 aliphatic carbocycles. The van der Waals surface area contributed by atoms with Gasteiger partial charge in [-0.1, -0.05) is 31.9 Å². The summed E-state index contributed by atoms with van der Waals surface area (Å²) in [5.41, 5.74) is 0.695. The molecule has 0 bridgehead atoms. The van der Waals surface area contributed by atoms with Gasteiger partial charge in [-0.25, -0.2) is 0 Å². The molecule has 0 saturated carbocycles. The van der Waals surface area contributed by atoms with E-state index >= 15 is 0 Å². The van der Waals surface area contributed by atoms with Gasteiger partial charge in [0.15, 0.2) is 0 Å². The highest BCUT2D eigenvalue weighted by Crippen LogP contribution is 2.22. The van der Waals surface area contributed by atoms with Crippen LogP contribution in [0.25, 0.3) is 0 Å². The number of amides is 1. The van der Waals surface area contributed by atoms with Crippen molar-refractivity contribution in [3.05, 3.63) is 32.7 Å². The SMILES string of the molecule is CN(CCCBr)C(=O)c1ccc(Br)cc1Br. The molecule has 1 aromatic rings. The molecule has 0 atom stereocenters. The average Bonchev–Trinajstić information content (AvgIpc) is 2.25. The standard InChI is InChI=1S/C11H12Br3NO/c1-15(6-2-5-12)11(16)9-4-3-8(13)7-10(9)14/h3-4,7H,2,5-6H2,1H3. The van der Waals surface area contributed by atoms with Crippen LogP contribution in [-0.2, 0) is 0 Å². The summed E-state index contributed by atoms with van der Waals surface area (Å²) in [7, 11) is 1.82. The Morgan fingerprint density at radius 2 is 2.06 bits per heavy atom. The highest BCUT2D eigenvalue weighted by atomic mass is 79.9. The van der Waals surface area contributed by atoms with Crippen molar-refractivity contribution in [1.29, 1.82) is 0 Å². The van der Waals surface area contributed by atoms with Gasteiger partial charge in [0.05, 0.1) is 5.56 Å². The van der Waals surface area contributed by atoms with Crippen molar-refractivity contribution in [2.45, 2.75) is 6.42 Å². The second-order valence-electron chi connectivity index (χ2n) is 3.39. The Balaban J connectivity index is 2.79. The minimum Gasteiger partial charge on any atom is -0.342 e. The normalized spacial score (nSPS) is 10.2. The Morgan fingerprint density at radius 3 is 2.62 bits per heavy atom. The summed E-state index contributed by atoms with van der Waals surface area (Å²) >= 11 is 10.1. The van der Waals surface area contributed by atoms with Crippen LogP contribution in [0, 0.1) is 0 Å². The third-order valence-electron chi connectivity index (χ3n) is 2.14. The highest BCUT2D eigenvalue weighted by molar-refractivity contribution is 9.11. The lowest BCUT2D eigenvalue weighted by Crippen LogP contribution is -2.28. The first-order valence-electron chi connectivity index (χ1n) is 4.82. The van der Waals surface area contributed by atoms with Crippen molar-refractivity contribution < 1.29 is 4.79 Å². The molecule has 16 heavy (non-hydrogen) atoms. The zero-order valence-corrected chi connectivity index (χ0v) is 13.6. The summed E-state index contributed by atoms with van der Waals surface area (Å²) in [6.45, 7) is 0.757. The minimum atomic E-state index is 0.0420. The molecule has 0 radical (unpaired) electrons. The molecule has 0 spiro atoms. The smallest absolute Gasteiger partial charge is 0.254 e. The molecule has 0 saturated heterocycles. The quantitative estimate of drug-likeness (QED) is 0.681. The van der Waals surface area contributed by atoms with Crippen molar-refractivity contribution in [3.63, 3.8) is 0 Å². The molecule has 88 valence electrons. The lowest BCUT2D eigenvalue weighted by Gasteiger charge is -2.17. The van der Waals surface area contributed by atoms with Gasteiger partial charge in [-0.2, -0.15) is 0 Å². The summed E-state index contributed by atoms with van der Waals surface area (Å²) < 4.78 is 1.77. The Morgan fingerprint density at radius 1 is 1.38 bits per heavy atom. The molecule has 0 aromatic heterocycles. The topological polar surface area (TPSA) is 20.3 Å². The fourth-order valence-electron chi connectivity index (χ4n) is 1.27. The van der Waals surface area contributed by atoms with Gasteiger partial charge in [0.1, 0.15) is 0 Å². The number of halogens is 3.